The van der Waals surface area contributed by atoms with Gasteiger partial charge in [-0.3, -0.25) is 0 Å². The SMILES string of the molecule is COCCC(NC1CCCCCC1)C(C)C. The first-order valence-electron chi connectivity index (χ1n) is 6.99. The van der Waals surface area contributed by atoms with E-state index in [0.29, 0.717) is 12.0 Å². The smallest absolute Gasteiger partial charge is 0.0477 e. The number of ether oxygens (including phenoxy) is 1. The molecule has 0 bridgehead atoms. The highest BCUT2D eigenvalue weighted by atomic mass is 16.5. The van der Waals surface area contributed by atoms with Gasteiger partial charge in [-0.2, -0.15) is 0 Å². The fraction of sp³-hybridized carbons (Fsp3) is 1.00. The molecule has 1 atom stereocenters. The first kappa shape index (κ1) is 14.0. The maximum atomic E-state index is 5.20. The molecule has 1 fully saturated rings. The topological polar surface area (TPSA) is 21.3 Å². The van der Waals surface area contributed by atoms with Crippen molar-refractivity contribution < 1.29 is 4.74 Å². The summed E-state index contributed by atoms with van der Waals surface area (Å²) in [6.07, 6.45) is 9.57. The molecule has 0 saturated heterocycles. The van der Waals surface area contributed by atoms with E-state index >= 15 is 0 Å². The van der Waals surface area contributed by atoms with Gasteiger partial charge in [-0.25, -0.2) is 0 Å². The molecule has 0 heterocycles. The van der Waals surface area contributed by atoms with Crippen molar-refractivity contribution in [3.8, 4) is 0 Å². The Balaban J connectivity index is 2.33. The Hall–Kier alpha value is -0.0800. The third kappa shape index (κ3) is 5.31. The van der Waals surface area contributed by atoms with Crippen molar-refractivity contribution in [2.75, 3.05) is 13.7 Å². The zero-order valence-electron chi connectivity index (χ0n) is 11.3. The fourth-order valence-electron chi connectivity index (χ4n) is 2.60. The van der Waals surface area contributed by atoms with Crippen LogP contribution in [0.1, 0.15) is 58.8 Å². The van der Waals surface area contributed by atoms with Crippen LogP contribution in [0.3, 0.4) is 0 Å². The van der Waals surface area contributed by atoms with Crippen LogP contribution in [0, 0.1) is 5.92 Å². The summed E-state index contributed by atoms with van der Waals surface area (Å²) < 4.78 is 5.20. The van der Waals surface area contributed by atoms with E-state index in [1.807, 2.05) is 0 Å². The van der Waals surface area contributed by atoms with E-state index in [2.05, 4.69) is 19.2 Å². The van der Waals surface area contributed by atoms with Crippen molar-refractivity contribution in [1.29, 1.82) is 0 Å². The molecule has 0 amide bonds. The molecule has 1 N–H and O–H groups in total. The Bertz CT molecular complexity index is 162. The summed E-state index contributed by atoms with van der Waals surface area (Å²) >= 11 is 0. The molecule has 0 aromatic rings. The number of hydrogen-bond acceptors (Lipinski definition) is 2. The van der Waals surface area contributed by atoms with Crippen LogP contribution in [0.2, 0.25) is 0 Å². The minimum atomic E-state index is 0.628. The van der Waals surface area contributed by atoms with E-state index < -0.39 is 0 Å². The molecule has 96 valence electrons. The Labute approximate surface area is 101 Å². The quantitative estimate of drug-likeness (QED) is 0.703. The standard InChI is InChI=1S/C14H29NO/c1-12(2)14(10-11-16-3)15-13-8-6-4-5-7-9-13/h12-15H,4-11H2,1-3H3. The predicted molar refractivity (Wildman–Crippen MR) is 69.7 cm³/mol. The normalized spacial score (nSPS) is 21.0. The van der Waals surface area contributed by atoms with E-state index in [1.165, 1.54) is 38.5 Å². The van der Waals surface area contributed by atoms with E-state index in [1.54, 1.807) is 7.11 Å². The third-order valence-corrected chi connectivity index (χ3v) is 3.74. The first-order chi connectivity index (χ1) is 7.74. The van der Waals surface area contributed by atoms with E-state index in [4.69, 9.17) is 4.74 Å². The third-order valence-electron chi connectivity index (χ3n) is 3.74. The first-order valence-corrected chi connectivity index (χ1v) is 6.99. The van der Waals surface area contributed by atoms with Crippen LogP contribution >= 0.6 is 0 Å². The van der Waals surface area contributed by atoms with Crippen molar-refractivity contribution in [2.24, 2.45) is 5.92 Å². The van der Waals surface area contributed by atoms with Crippen molar-refractivity contribution in [1.82, 2.24) is 5.32 Å². The monoisotopic (exact) mass is 227 g/mol. The predicted octanol–water partition coefficient (Wildman–Crippen LogP) is 3.36. The average Bonchev–Trinajstić information content (AvgIpc) is 2.52. The molecule has 1 aliphatic rings. The molecule has 0 spiro atoms. The molecular formula is C14H29NO. The summed E-state index contributed by atoms with van der Waals surface area (Å²) in [5.41, 5.74) is 0. The number of nitrogens with one attached hydrogen (secondary N) is 1. The summed E-state index contributed by atoms with van der Waals surface area (Å²) in [5.74, 6) is 0.707. The Morgan fingerprint density at radius 1 is 1.12 bits per heavy atom. The largest absolute Gasteiger partial charge is 0.385 e. The molecule has 0 aromatic carbocycles. The van der Waals surface area contributed by atoms with Gasteiger partial charge in [0.25, 0.3) is 0 Å². The van der Waals surface area contributed by atoms with Gasteiger partial charge in [-0.1, -0.05) is 39.5 Å². The minimum Gasteiger partial charge on any atom is -0.385 e. The highest BCUT2D eigenvalue weighted by molar-refractivity contribution is 4.78. The molecule has 1 unspecified atom stereocenters. The van der Waals surface area contributed by atoms with Crippen LogP contribution in [0.15, 0.2) is 0 Å². The highest BCUT2D eigenvalue weighted by Crippen LogP contribution is 2.19. The maximum absolute atomic E-state index is 5.20. The summed E-state index contributed by atoms with van der Waals surface area (Å²) in [6, 6.07) is 1.38. The molecule has 2 nitrogen and oxygen atoms in total. The van der Waals surface area contributed by atoms with E-state index in [-0.39, 0.29) is 0 Å². The van der Waals surface area contributed by atoms with Crippen molar-refractivity contribution in [3.05, 3.63) is 0 Å². The zero-order valence-corrected chi connectivity index (χ0v) is 11.3. The van der Waals surface area contributed by atoms with Crippen LogP contribution < -0.4 is 5.32 Å². The van der Waals surface area contributed by atoms with Gasteiger partial charge in [0.05, 0.1) is 0 Å². The van der Waals surface area contributed by atoms with E-state index in [0.717, 1.165) is 19.1 Å². The Morgan fingerprint density at radius 3 is 2.25 bits per heavy atom. The summed E-state index contributed by atoms with van der Waals surface area (Å²) in [5, 5.41) is 3.85. The van der Waals surface area contributed by atoms with Gasteiger partial charge in [0, 0.05) is 25.8 Å². The fourth-order valence-corrected chi connectivity index (χ4v) is 2.60. The van der Waals surface area contributed by atoms with Crippen LogP contribution in [0.25, 0.3) is 0 Å². The molecule has 1 rings (SSSR count). The molecule has 16 heavy (non-hydrogen) atoms. The maximum Gasteiger partial charge on any atom is 0.0477 e. The lowest BCUT2D eigenvalue weighted by Crippen LogP contribution is -2.41. The average molecular weight is 227 g/mol. The molecule has 0 aliphatic heterocycles. The zero-order chi connectivity index (χ0) is 11.8. The molecule has 1 aliphatic carbocycles. The van der Waals surface area contributed by atoms with Gasteiger partial charge in [0.15, 0.2) is 0 Å². The Morgan fingerprint density at radius 2 is 1.75 bits per heavy atom. The molecule has 0 aromatic heterocycles. The number of rotatable bonds is 6. The second kappa shape index (κ2) is 8.08. The summed E-state index contributed by atoms with van der Waals surface area (Å²) in [7, 11) is 1.79. The highest BCUT2D eigenvalue weighted by Gasteiger charge is 2.19. The van der Waals surface area contributed by atoms with Gasteiger partial charge in [0.1, 0.15) is 0 Å². The van der Waals surface area contributed by atoms with Gasteiger partial charge in [-0.05, 0) is 25.2 Å². The number of methoxy groups -OCH3 is 1. The summed E-state index contributed by atoms with van der Waals surface area (Å²) in [6.45, 7) is 5.50. The van der Waals surface area contributed by atoms with Crippen molar-refractivity contribution in [2.45, 2.75) is 70.9 Å². The summed E-state index contributed by atoms with van der Waals surface area (Å²) in [4.78, 5) is 0. The Kier molecular flexibility index (Phi) is 7.06. The molecular weight excluding hydrogens is 198 g/mol. The lowest BCUT2D eigenvalue weighted by Gasteiger charge is -2.27. The lowest BCUT2D eigenvalue weighted by atomic mass is 9.98. The van der Waals surface area contributed by atoms with Crippen LogP contribution in [0.5, 0.6) is 0 Å². The molecule has 2 heteroatoms. The van der Waals surface area contributed by atoms with Crippen LogP contribution in [-0.4, -0.2) is 25.8 Å². The second-order valence-corrected chi connectivity index (χ2v) is 5.49. The lowest BCUT2D eigenvalue weighted by molar-refractivity contribution is 0.168. The molecule has 1 saturated carbocycles. The van der Waals surface area contributed by atoms with Gasteiger partial charge in [-0.15, -0.1) is 0 Å². The van der Waals surface area contributed by atoms with Crippen molar-refractivity contribution in [3.63, 3.8) is 0 Å². The second-order valence-electron chi connectivity index (χ2n) is 5.49. The number of hydrogen-bond donors (Lipinski definition) is 1. The van der Waals surface area contributed by atoms with Gasteiger partial charge >= 0.3 is 0 Å². The van der Waals surface area contributed by atoms with Gasteiger partial charge < -0.3 is 10.1 Å². The molecule has 0 radical (unpaired) electrons. The van der Waals surface area contributed by atoms with E-state index in [9.17, 15) is 0 Å². The van der Waals surface area contributed by atoms with Crippen LogP contribution in [-0.2, 0) is 4.74 Å². The van der Waals surface area contributed by atoms with Gasteiger partial charge in [0.2, 0.25) is 0 Å². The van der Waals surface area contributed by atoms with Crippen molar-refractivity contribution >= 4 is 0 Å². The van der Waals surface area contributed by atoms with Crippen LogP contribution in [0.4, 0.5) is 0 Å². The minimum absolute atomic E-state index is 0.628.